The Balaban J connectivity index is 1.84. The first-order chi connectivity index (χ1) is 11.1. The first kappa shape index (κ1) is 16.3. The number of ketones is 1. The molecule has 2 heterocycles. The number of aromatic nitrogens is 1. The lowest BCUT2D eigenvalue weighted by atomic mass is 9.84. The molecule has 1 aliphatic carbocycles. The highest BCUT2D eigenvalue weighted by atomic mass is 32.2. The highest BCUT2D eigenvalue weighted by Gasteiger charge is 2.32. The predicted molar refractivity (Wildman–Crippen MR) is 93.9 cm³/mol. The zero-order chi connectivity index (χ0) is 16.4. The lowest BCUT2D eigenvalue weighted by Crippen LogP contribution is -2.17. The van der Waals surface area contributed by atoms with Crippen LogP contribution in [-0.4, -0.2) is 35.4 Å². The van der Waals surface area contributed by atoms with Crippen molar-refractivity contribution < 1.29 is 14.3 Å². The van der Waals surface area contributed by atoms with Gasteiger partial charge in [0.2, 0.25) is 0 Å². The Kier molecular flexibility index (Phi) is 4.92. The van der Waals surface area contributed by atoms with Crippen molar-refractivity contribution in [3.63, 3.8) is 0 Å². The molecule has 1 aliphatic rings. The standard InChI is InChI=1S/C17H19NO3S2/c1-10-15-12(18-16(10)17(20)21-5-7-22-2)8-11(9-13(15)19)14-4-3-6-23-14/h3-4,6,11,18H,5,7-9H2,1-2H3/t11-/m0/s1. The predicted octanol–water partition coefficient (Wildman–Crippen LogP) is 3.82. The molecule has 2 aromatic rings. The van der Waals surface area contributed by atoms with E-state index < -0.39 is 0 Å². The highest BCUT2D eigenvalue weighted by molar-refractivity contribution is 7.98. The summed E-state index contributed by atoms with van der Waals surface area (Å²) in [6.45, 7) is 2.21. The SMILES string of the molecule is CSCCOC(=O)c1[nH]c2c(c1C)C(=O)C[C@@H](c1cccs1)C2. The van der Waals surface area contributed by atoms with E-state index in [1.807, 2.05) is 24.6 Å². The quantitative estimate of drug-likeness (QED) is 0.658. The molecule has 1 N–H and O–H groups in total. The summed E-state index contributed by atoms with van der Waals surface area (Å²) in [5.74, 6) is 0.714. The van der Waals surface area contributed by atoms with Gasteiger partial charge in [-0.15, -0.1) is 11.3 Å². The van der Waals surface area contributed by atoms with Crippen LogP contribution < -0.4 is 0 Å². The summed E-state index contributed by atoms with van der Waals surface area (Å²) in [5.41, 5.74) is 2.71. The number of H-pyrrole nitrogens is 1. The van der Waals surface area contributed by atoms with Crippen molar-refractivity contribution in [2.75, 3.05) is 18.6 Å². The maximum Gasteiger partial charge on any atom is 0.355 e. The number of fused-ring (bicyclic) bond motifs is 1. The van der Waals surface area contributed by atoms with Crippen molar-refractivity contribution in [2.45, 2.75) is 25.7 Å². The first-order valence-corrected chi connectivity index (χ1v) is 9.83. The zero-order valence-corrected chi connectivity index (χ0v) is 14.8. The van der Waals surface area contributed by atoms with Crippen molar-refractivity contribution in [1.29, 1.82) is 0 Å². The summed E-state index contributed by atoms with van der Waals surface area (Å²) in [6.07, 6.45) is 3.24. The summed E-state index contributed by atoms with van der Waals surface area (Å²) in [4.78, 5) is 29.1. The summed E-state index contributed by atoms with van der Waals surface area (Å²) in [6, 6.07) is 4.08. The van der Waals surface area contributed by atoms with Gasteiger partial charge in [-0.05, 0) is 36.6 Å². The zero-order valence-electron chi connectivity index (χ0n) is 13.2. The summed E-state index contributed by atoms with van der Waals surface area (Å²) in [5, 5.41) is 2.03. The first-order valence-electron chi connectivity index (χ1n) is 7.56. The van der Waals surface area contributed by atoms with Crippen LogP contribution in [0, 0.1) is 6.92 Å². The second kappa shape index (κ2) is 6.93. The average Bonchev–Trinajstić information content (AvgIpc) is 3.15. The third-order valence-corrected chi connectivity index (χ3v) is 5.77. The number of ether oxygens (including phenoxy) is 1. The van der Waals surface area contributed by atoms with Crippen molar-refractivity contribution >= 4 is 34.9 Å². The van der Waals surface area contributed by atoms with Crippen molar-refractivity contribution in [1.82, 2.24) is 4.98 Å². The van der Waals surface area contributed by atoms with Gasteiger partial charge in [0.05, 0.1) is 0 Å². The molecule has 0 fully saturated rings. The molecule has 3 rings (SSSR count). The van der Waals surface area contributed by atoms with Gasteiger partial charge < -0.3 is 9.72 Å². The van der Waals surface area contributed by atoms with Crippen LogP contribution in [0.25, 0.3) is 0 Å². The Morgan fingerprint density at radius 1 is 1.48 bits per heavy atom. The van der Waals surface area contributed by atoms with Crippen molar-refractivity contribution in [3.8, 4) is 0 Å². The molecule has 2 aromatic heterocycles. The summed E-state index contributed by atoms with van der Waals surface area (Å²) < 4.78 is 5.26. The summed E-state index contributed by atoms with van der Waals surface area (Å²) >= 11 is 3.31. The molecule has 0 aliphatic heterocycles. The molecule has 0 unspecified atom stereocenters. The van der Waals surface area contributed by atoms with Gasteiger partial charge in [0.15, 0.2) is 5.78 Å². The molecule has 1 atom stereocenters. The fourth-order valence-corrected chi connectivity index (χ4v) is 4.13. The van der Waals surface area contributed by atoms with E-state index in [4.69, 9.17) is 4.74 Å². The highest BCUT2D eigenvalue weighted by Crippen LogP contribution is 2.36. The van der Waals surface area contributed by atoms with Gasteiger partial charge >= 0.3 is 5.97 Å². The minimum Gasteiger partial charge on any atom is -0.460 e. The Bertz CT molecular complexity index is 719. The molecular weight excluding hydrogens is 330 g/mol. The number of carbonyl (C=O) groups is 2. The number of thiophene rings is 1. The average molecular weight is 349 g/mol. The lowest BCUT2D eigenvalue weighted by molar-refractivity contribution is 0.0523. The number of nitrogens with one attached hydrogen (secondary N) is 1. The summed E-state index contributed by atoms with van der Waals surface area (Å²) in [7, 11) is 0. The van der Waals surface area contributed by atoms with E-state index in [0.717, 1.165) is 23.4 Å². The van der Waals surface area contributed by atoms with E-state index in [1.165, 1.54) is 4.88 Å². The van der Waals surface area contributed by atoms with E-state index in [9.17, 15) is 9.59 Å². The third-order valence-electron chi connectivity index (χ3n) is 4.16. The number of Topliss-reactive ketones (excluding diaryl/α,β-unsaturated/α-hetero) is 1. The number of hydrogen-bond acceptors (Lipinski definition) is 5. The second-order valence-corrected chi connectivity index (χ2v) is 7.62. The third kappa shape index (κ3) is 3.23. The van der Waals surface area contributed by atoms with E-state index >= 15 is 0 Å². The van der Waals surface area contributed by atoms with Crippen LogP contribution >= 0.6 is 23.1 Å². The number of esters is 1. The molecule has 0 spiro atoms. The van der Waals surface area contributed by atoms with E-state index in [2.05, 4.69) is 11.1 Å². The van der Waals surface area contributed by atoms with Crippen LogP contribution in [0.2, 0.25) is 0 Å². The van der Waals surface area contributed by atoms with E-state index in [-0.39, 0.29) is 17.7 Å². The maximum absolute atomic E-state index is 12.5. The van der Waals surface area contributed by atoms with Gasteiger partial charge in [0, 0.05) is 34.2 Å². The molecule has 0 saturated heterocycles. The van der Waals surface area contributed by atoms with Crippen LogP contribution in [0.5, 0.6) is 0 Å². The van der Waals surface area contributed by atoms with Gasteiger partial charge in [-0.3, -0.25) is 4.79 Å². The van der Waals surface area contributed by atoms with Crippen LogP contribution in [0.3, 0.4) is 0 Å². The molecule has 122 valence electrons. The molecule has 4 nitrogen and oxygen atoms in total. The minimum absolute atomic E-state index is 0.113. The number of aromatic amines is 1. The Hall–Kier alpha value is -1.53. The Morgan fingerprint density at radius 3 is 3.00 bits per heavy atom. The van der Waals surface area contributed by atoms with Crippen molar-refractivity contribution in [2.24, 2.45) is 0 Å². The van der Waals surface area contributed by atoms with Gasteiger partial charge in [-0.2, -0.15) is 11.8 Å². The minimum atomic E-state index is -0.369. The maximum atomic E-state index is 12.5. The topological polar surface area (TPSA) is 59.2 Å². The molecule has 6 heteroatoms. The fourth-order valence-electron chi connectivity index (χ4n) is 3.05. The lowest BCUT2D eigenvalue weighted by Gasteiger charge is -2.20. The number of rotatable bonds is 5. The monoisotopic (exact) mass is 349 g/mol. The molecule has 0 bridgehead atoms. The number of hydrogen-bond donors (Lipinski definition) is 1. The van der Waals surface area contributed by atoms with Gasteiger partial charge in [-0.25, -0.2) is 4.79 Å². The number of carbonyl (C=O) groups excluding carboxylic acids is 2. The largest absolute Gasteiger partial charge is 0.460 e. The van der Waals surface area contributed by atoms with Gasteiger partial charge in [0.1, 0.15) is 12.3 Å². The van der Waals surface area contributed by atoms with E-state index in [0.29, 0.717) is 24.3 Å². The normalized spacial score (nSPS) is 17.1. The van der Waals surface area contributed by atoms with Crippen LogP contribution in [0.1, 0.15) is 49.3 Å². The van der Waals surface area contributed by atoms with Gasteiger partial charge in [0.25, 0.3) is 0 Å². The molecule has 0 radical (unpaired) electrons. The number of thioether (sulfide) groups is 1. The fraction of sp³-hybridized carbons (Fsp3) is 0.412. The van der Waals surface area contributed by atoms with Gasteiger partial charge in [-0.1, -0.05) is 6.07 Å². The second-order valence-electron chi connectivity index (χ2n) is 5.65. The molecule has 23 heavy (non-hydrogen) atoms. The molecular formula is C17H19NO3S2. The van der Waals surface area contributed by atoms with Crippen LogP contribution in [0.15, 0.2) is 17.5 Å². The van der Waals surface area contributed by atoms with Crippen LogP contribution in [0.4, 0.5) is 0 Å². The Morgan fingerprint density at radius 2 is 2.30 bits per heavy atom. The molecule has 0 aromatic carbocycles. The van der Waals surface area contributed by atoms with Crippen LogP contribution in [-0.2, 0) is 11.2 Å². The molecule has 0 amide bonds. The smallest absolute Gasteiger partial charge is 0.355 e. The molecule has 0 saturated carbocycles. The Labute approximate surface area is 143 Å². The van der Waals surface area contributed by atoms with E-state index in [1.54, 1.807) is 23.1 Å². The van der Waals surface area contributed by atoms with Crippen molar-refractivity contribution in [3.05, 3.63) is 44.9 Å².